The number of carbonyl (C=O) groups excluding carboxylic acids is 1. The highest BCUT2D eigenvalue weighted by molar-refractivity contribution is 5.90. The first-order valence-corrected chi connectivity index (χ1v) is 5.96. The van der Waals surface area contributed by atoms with Crippen LogP contribution < -0.4 is 0 Å². The predicted octanol–water partition coefficient (Wildman–Crippen LogP) is 2.71. The van der Waals surface area contributed by atoms with Gasteiger partial charge in [0.1, 0.15) is 12.2 Å². The normalized spacial score (nSPS) is 11.4. The third-order valence-corrected chi connectivity index (χ3v) is 2.26. The summed E-state index contributed by atoms with van der Waals surface area (Å²) >= 11 is 0. The predicted molar refractivity (Wildman–Crippen MR) is 61.7 cm³/mol. The molecule has 0 amide bonds. The van der Waals surface area contributed by atoms with Crippen LogP contribution in [0.2, 0.25) is 0 Å². The second-order valence-electron chi connectivity index (χ2n) is 3.91. The molecule has 106 valence electrons. The van der Waals surface area contributed by atoms with Crippen LogP contribution in [0.3, 0.4) is 0 Å². The number of hydrogen-bond acceptors (Lipinski definition) is 4. The highest BCUT2D eigenvalue weighted by Crippen LogP contribution is 2.20. The lowest BCUT2D eigenvalue weighted by Gasteiger charge is -2.10. The molecule has 0 aromatic carbocycles. The van der Waals surface area contributed by atoms with Crippen molar-refractivity contribution >= 4 is 5.97 Å². The minimum atomic E-state index is -4.37. The third-order valence-electron chi connectivity index (χ3n) is 2.26. The zero-order valence-electron chi connectivity index (χ0n) is 10.8. The smallest absolute Gasteiger partial charge is 0.396 e. The number of alkyl halides is 3. The standard InChI is InChI=1S/C12H15F3N2O2/c1-3-5-9-8(11(18)19-4-2)7-16-10(17-9)6-12(13,14)15/h7H,3-6H2,1-2H3. The molecule has 1 heterocycles. The maximum absolute atomic E-state index is 12.3. The second-order valence-corrected chi connectivity index (χ2v) is 3.91. The minimum Gasteiger partial charge on any atom is -0.462 e. The van der Waals surface area contributed by atoms with Gasteiger partial charge in [0.05, 0.1) is 17.9 Å². The van der Waals surface area contributed by atoms with E-state index in [2.05, 4.69) is 9.97 Å². The molecule has 0 unspecified atom stereocenters. The molecule has 7 heteroatoms. The van der Waals surface area contributed by atoms with Gasteiger partial charge in [0.15, 0.2) is 0 Å². The van der Waals surface area contributed by atoms with E-state index in [0.29, 0.717) is 18.5 Å². The van der Waals surface area contributed by atoms with Crippen molar-refractivity contribution in [2.45, 2.75) is 39.3 Å². The van der Waals surface area contributed by atoms with Crippen molar-refractivity contribution in [1.29, 1.82) is 0 Å². The van der Waals surface area contributed by atoms with Gasteiger partial charge >= 0.3 is 12.1 Å². The van der Waals surface area contributed by atoms with E-state index >= 15 is 0 Å². The first-order valence-electron chi connectivity index (χ1n) is 5.96. The van der Waals surface area contributed by atoms with E-state index in [1.54, 1.807) is 6.92 Å². The topological polar surface area (TPSA) is 52.1 Å². The molecule has 0 saturated heterocycles. The Bertz CT molecular complexity index is 447. The van der Waals surface area contributed by atoms with Crippen LogP contribution in [0.25, 0.3) is 0 Å². The molecule has 0 aliphatic carbocycles. The molecule has 0 saturated carbocycles. The van der Waals surface area contributed by atoms with Gasteiger partial charge in [-0.3, -0.25) is 0 Å². The van der Waals surface area contributed by atoms with E-state index in [0.717, 1.165) is 6.20 Å². The molecule has 1 rings (SSSR count). The van der Waals surface area contributed by atoms with Crippen LogP contribution in [-0.4, -0.2) is 28.7 Å². The van der Waals surface area contributed by atoms with E-state index in [1.165, 1.54) is 0 Å². The Morgan fingerprint density at radius 1 is 1.37 bits per heavy atom. The lowest BCUT2D eigenvalue weighted by molar-refractivity contribution is -0.128. The van der Waals surface area contributed by atoms with E-state index in [-0.39, 0.29) is 18.0 Å². The maximum atomic E-state index is 12.3. The number of nitrogens with zero attached hydrogens (tertiary/aromatic N) is 2. The molecule has 0 radical (unpaired) electrons. The molecular weight excluding hydrogens is 261 g/mol. The van der Waals surface area contributed by atoms with Crippen LogP contribution in [0.1, 0.15) is 42.1 Å². The third kappa shape index (κ3) is 4.84. The van der Waals surface area contributed by atoms with Gasteiger partial charge < -0.3 is 4.74 Å². The number of rotatable bonds is 5. The fourth-order valence-corrected chi connectivity index (χ4v) is 1.53. The van der Waals surface area contributed by atoms with Crippen molar-refractivity contribution in [3.05, 3.63) is 23.3 Å². The molecule has 0 aliphatic rings. The lowest BCUT2D eigenvalue weighted by atomic mass is 10.1. The van der Waals surface area contributed by atoms with Gasteiger partial charge in [0.25, 0.3) is 0 Å². The van der Waals surface area contributed by atoms with Gasteiger partial charge in [0.2, 0.25) is 0 Å². The Labute approximate surface area is 109 Å². The van der Waals surface area contributed by atoms with Gasteiger partial charge in [-0.25, -0.2) is 14.8 Å². The fraction of sp³-hybridized carbons (Fsp3) is 0.583. The van der Waals surface area contributed by atoms with E-state index in [9.17, 15) is 18.0 Å². The Balaban J connectivity index is 3.03. The molecule has 0 bridgehead atoms. The Morgan fingerprint density at radius 2 is 2.05 bits per heavy atom. The number of hydrogen-bond donors (Lipinski definition) is 0. The lowest BCUT2D eigenvalue weighted by Crippen LogP contribution is -2.17. The van der Waals surface area contributed by atoms with Crippen molar-refractivity contribution < 1.29 is 22.7 Å². The van der Waals surface area contributed by atoms with Gasteiger partial charge in [-0.1, -0.05) is 13.3 Å². The summed E-state index contributed by atoms with van der Waals surface area (Å²) in [5, 5.41) is 0. The molecule has 4 nitrogen and oxygen atoms in total. The first-order chi connectivity index (χ1) is 8.87. The Hall–Kier alpha value is -1.66. The van der Waals surface area contributed by atoms with Crippen molar-refractivity contribution in [2.24, 2.45) is 0 Å². The summed E-state index contributed by atoms with van der Waals surface area (Å²) < 4.78 is 41.6. The molecule has 19 heavy (non-hydrogen) atoms. The summed E-state index contributed by atoms with van der Waals surface area (Å²) in [6, 6.07) is 0. The van der Waals surface area contributed by atoms with Crippen molar-refractivity contribution in [1.82, 2.24) is 9.97 Å². The van der Waals surface area contributed by atoms with Gasteiger partial charge in [-0.05, 0) is 13.3 Å². The summed E-state index contributed by atoms with van der Waals surface area (Å²) in [6.45, 7) is 3.69. The van der Waals surface area contributed by atoms with Crippen molar-refractivity contribution in [3.8, 4) is 0 Å². The first kappa shape index (κ1) is 15.4. The molecule has 0 aliphatic heterocycles. The van der Waals surface area contributed by atoms with Crippen molar-refractivity contribution in [2.75, 3.05) is 6.61 Å². The molecule has 0 atom stereocenters. The highest BCUT2D eigenvalue weighted by atomic mass is 19.4. The molecule has 1 aromatic heterocycles. The number of aryl methyl sites for hydroxylation is 1. The average Bonchev–Trinajstić information content (AvgIpc) is 2.27. The monoisotopic (exact) mass is 276 g/mol. The number of esters is 1. The summed E-state index contributed by atoms with van der Waals surface area (Å²) in [4.78, 5) is 19.0. The van der Waals surface area contributed by atoms with E-state index < -0.39 is 18.6 Å². The number of ether oxygens (including phenoxy) is 1. The van der Waals surface area contributed by atoms with E-state index in [4.69, 9.17) is 4.74 Å². The Morgan fingerprint density at radius 3 is 2.58 bits per heavy atom. The van der Waals surface area contributed by atoms with Gasteiger partial charge in [-0.15, -0.1) is 0 Å². The molecular formula is C12H15F3N2O2. The van der Waals surface area contributed by atoms with Gasteiger partial charge in [-0.2, -0.15) is 13.2 Å². The largest absolute Gasteiger partial charge is 0.462 e. The number of aromatic nitrogens is 2. The zero-order chi connectivity index (χ0) is 14.5. The molecule has 0 spiro atoms. The summed E-state index contributed by atoms with van der Waals surface area (Å²) in [5.41, 5.74) is 0.435. The van der Waals surface area contributed by atoms with Crippen LogP contribution in [0, 0.1) is 0 Å². The molecule has 0 N–H and O–H groups in total. The molecule has 0 fully saturated rings. The van der Waals surface area contributed by atoms with Crippen LogP contribution in [0.15, 0.2) is 6.20 Å². The van der Waals surface area contributed by atoms with Gasteiger partial charge in [0, 0.05) is 6.20 Å². The van der Waals surface area contributed by atoms with Crippen molar-refractivity contribution in [3.63, 3.8) is 0 Å². The summed E-state index contributed by atoms with van der Waals surface area (Å²) in [5.74, 6) is -0.937. The quantitative estimate of drug-likeness (QED) is 0.776. The second kappa shape index (κ2) is 6.49. The molecule has 1 aromatic rings. The number of halogens is 3. The van der Waals surface area contributed by atoms with E-state index in [1.807, 2.05) is 6.92 Å². The minimum absolute atomic E-state index is 0.134. The van der Waals surface area contributed by atoms with Crippen LogP contribution in [0.4, 0.5) is 13.2 Å². The summed E-state index contributed by atoms with van der Waals surface area (Å²) in [7, 11) is 0. The van der Waals surface area contributed by atoms with Crippen LogP contribution >= 0.6 is 0 Å². The van der Waals surface area contributed by atoms with Crippen LogP contribution in [0.5, 0.6) is 0 Å². The fourth-order valence-electron chi connectivity index (χ4n) is 1.53. The summed E-state index contributed by atoms with van der Waals surface area (Å²) in [6.07, 6.45) is -3.39. The average molecular weight is 276 g/mol. The number of carbonyl (C=O) groups is 1. The Kier molecular flexibility index (Phi) is 5.26. The maximum Gasteiger partial charge on any atom is 0.396 e. The van der Waals surface area contributed by atoms with Crippen LogP contribution in [-0.2, 0) is 17.6 Å². The SMILES string of the molecule is CCCc1nc(CC(F)(F)F)ncc1C(=O)OCC. The highest BCUT2D eigenvalue weighted by Gasteiger charge is 2.30. The zero-order valence-corrected chi connectivity index (χ0v) is 10.8.